The van der Waals surface area contributed by atoms with Crippen LogP contribution in [0.1, 0.15) is 27.9 Å². The molecule has 0 saturated carbocycles. The Morgan fingerprint density at radius 2 is 1.84 bits per heavy atom. The number of amides is 1. The van der Waals surface area contributed by atoms with Gasteiger partial charge in [-0.05, 0) is 35.4 Å². The molecule has 0 saturated heterocycles. The monoisotopic (exact) mass is 495 g/mol. The zero-order chi connectivity index (χ0) is 25.9. The van der Waals surface area contributed by atoms with Crippen LogP contribution in [0.4, 0.5) is 4.39 Å². The number of pyridine rings is 2. The van der Waals surface area contributed by atoms with Crippen LogP contribution in [0, 0.1) is 17.1 Å². The van der Waals surface area contributed by atoms with Crippen LogP contribution in [-0.2, 0) is 13.1 Å². The van der Waals surface area contributed by atoms with Crippen molar-refractivity contribution in [1.82, 2.24) is 19.4 Å². The van der Waals surface area contributed by atoms with Crippen molar-refractivity contribution in [3.05, 3.63) is 95.8 Å². The van der Waals surface area contributed by atoms with E-state index < -0.39 is 0 Å². The molecule has 3 aromatic heterocycles. The Bertz CT molecular complexity index is 1640. The number of rotatable bonds is 7. The molecule has 3 heterocycles. The number of aromatic nitrogens is 3. The molecule has 0 aliphatic heterocycles. The van der Waals surface area contributed by atoms with E-state index in [1.54, 1.807) is 53.8 Å². The van der Waals surface area contributed by atoms with Gasteiger partial charge in [0.1, 0.15) is 11.3 Å². The van der Waals surface area contributed by atoms with Crippen molar-refractivity contribution in [3.8, 4) is 17.7 Å². The molecule has 0 aliphatic rings. The summed E-state index contributed by atoms with van der Waals surface area (Å²) in [7, 11) is 0. The summed E-state index contributed by atoms with van der Waals surface area (Å²) in [5, 5.41) is 32.2. The molecule has 5 aromatic rings. The zero-order valence-electron chi connectivity index (χ0n) is 19.7. The smallest absolute Gasteiger partial charge is 0.255 e. The molecule has 184 valence electrons. The fourth-order valence-corrected chi connectivity index (χ4v) is 4.47. The first-order chi connectivity index (χ1) is 18.0. The van der Waals surface area contributed by atoms with Crippen molar-refractivity contribution in [1.29, 1.82) is 5.26 Å². The average Bonchev–Trinajstić information content (AvgIpc) is 3.24. The topological polar surface area (TPSA) is 115 Å². The molecule has 37 heavy (non-hydrogen) atoms. The largest absolute Gasteiger partial charge is 0.505 e. The van der Waals surface area contributed by atoms with E-state index in [4.69, 9.17) is 0 Å². The van der Waals surface area contributed by atoms with E-state index in [1.165, 1.54) is 22.9 Å². The Hall–Kier alpha value is -4.97. The van der Waals surface area contributed by atoms with Crippen LogP contribution in [0.3, 0.4) is 0 Å². The summed E-state index contributed by atoms with van der Waals surface area (Å²) in [5.41, 5.74) is 1.95. The fraction of sp³-hybridized carbons (Fsp3) is 0.143. The van der Waals surface area contributed by atoms with E-state index in [-0.39, 0.29) is 65.9 Å². The van der Waals surface area contributed by atoms with Crippen LogP contribution < -0.4 is 0 Å². The van der Waals surface area contributed by atoms with Gasteiger partial charge in [0.2, 0.25) is 5.88 Å². The van der Waals surface area contributed by atoms with Crippen molar-refractivity contribution in [2.75, 3.05) is 6.54 Å². The highest BCUT2D eigenvalue weighted by Crippen LogP contribution is 2.43. The van der Waals surface area contributed by atoms with E-state index in [2.05, 4.69) is 16.0 Å². The zero-order valence-corrected chi connectivity index (χ0v) is 19.7. The van der Waals surface area contributed by atoms with Crippen LogP contribution in [-0.4, -0.2) is 42.1 Å². The Kier molecular flexibility index (Phi) is 6.39. The highest BCUT2D eigenvalue weighted by atomic mass is 19.1. The Balaban J connectivity index is 1.68. The summed E-state index contributed by atoms with van der Waals surface area (Å²) in [6.07, 6.45) is 6.52. The number of aromatic hydroxyl groups is 2. The highest BCUT2D eigenvalue weighted by Gasteiger charge is 2.27. The first-order valence-corrected chi connectivity index (χ1v) is 11.6. The van der Waals surface area contributed by atoms with Crippen molar-refractivity contribution in [2.24, 2.45) is 0 Å². The number of carbonyl (C=O) groups excluding carboxylic acids is 1. The molecule has 0 aliphatic carbocycles. The third-order valence-corrected chi connectivity index (χ3v) is 6.21. The molecule has 2 N–H and O–H groups in total. The maximum Gasteiger partial charge on any atom is 0.255 e. The number of hydrogen-bond donors (Lipinski definition) is 2. The minimum absolute atomic E-state index is 0.0956. The van der Waals surface area contributed by atoms with E-state index >= 15 is 0 Å². The molecule has 0 spiro atoms. The predicted molar refractivity (Wildman–Crippen MR) is 135 cm³/mol. The van der Waals surface area contributed by atoms with Crippen LogP contribution in [0.5, 0.6) is 11.6 Å². The van der Waals surface area contributed by atoms with Gasteiger partial charge in [-0.15, -0.1) is 0 Å². The van der Waals surface area contributed by atoms with Crippen LogP contribution in [0.2, 0.25) is 0 Å². The van der Waals surface area contributed by atoms with Gasteiger partial charge in [-0.25, -0.2) is 4.39 Å². The van der Waals surface area contributed by atoms with Gasteiger partial charge in [-0.3, -0.25) is 14.8 Å². The minimum Gasteiger partial charge on any atom is -0.505 e. The predicted octanol–water partition coefficient (Wildman–Crippen LogP) is 4.74. The van der Waals surface area contributed by atoms with Gasteiger partial charge in [0.15, 0.2) is 5.75 Å². The molecule has 0 fully saturated rings. The molecular weight excluding hydrogens is 473 g/mol. The van der Waals surface area contributed by atoms with Gasteiger partial charge < -0.3 is 19.7 Å². The number of nitriles is 1. The minimum atomic E-state index is -0.375. The lowest BCUT2D eigenvalue weighted by Crippen LogP contribution is -2.31. The summed E-state index contributed by atoms with van der Waals surface area (Å²) in [6, 6.07) is 14.9. The molecule has 0 atom stereocenters. The molecular formula is C28H22FN5O3. The Morgan fingerprint density at radius 1 is 1.05 bits per heavy atom. The third-order valence-electron chi connectivity index (χ3n) is 6.21. The van der Waals surface area contributed by atoms with Gasteiger partial charge in [0.25, 0.3) is 5.91 Å². The van der Waals surface area contributed by atoms with E-state index in [0.717, 1.165) is 11.1 Å². The maximum absolute atomic E-state index is 14.1. The summed E-state index contributed by atoms with van der Waals surface area (Å²) < 4.78 is 14.9. The van der Waals surface area contributed by atoms with Crippen molar-refractivity contribution >= 4 is 27.6 Å². The Labute approximate surface area is 211 Å². The quantitative estimate of drug-likeness (QED) is 0.337. The molecule has 9 heteroatoms. The lowest BCUT2D eigenvalue weighted by molar-refractivity contribution is 0.0750. The van der Waals surface area contributed by atoms with Gasteiger partial charge >= 0.3 is 0 Å². The molecule has 5 rings (SSSR count). The number of phenolic OH excluding ortho intramolecular Hbond substituents is 1. The summed E-state index contributed by atoms with van der Waals surface area (Å²) in [4.78, 5) is 24.0. The summed E-state index contributed by atoms with van der Waals surface area (Å²) in [5.74, 6) is -1.23. The fourth-order valence-electron chi connectivity index (χ4n) is 4.47. The second-order valence-corrected chi connectivity index (χ2v) is 8.62. The van der Waals surface area contributed by atoms with E-state index in [9.17, 15) is 24.7 Å². The third kappa shape index (κ3) is 4.52. The van der Waals surface area contributed by atoms with Crippen LogP contribution >= 0.6 is 0 Å². The molecule has 0 bridgehead atoms. The molecule has 1 amide bonds. The van der Waals surface area contributed by atoms with E-state index in [0.29, 0.717) is 10.8 Å². The summed E-state index contributed by atoms with van der Waals surface area (Å²) in [6.45, 7) is 0.586. The lowest BCUT2D eigenvalue weighted by Gasteiger charge is -2.23. The molecule has 0 radical (unpaired) electrons. The molecule has 0 unspecified atom stereocenters. The normalized spacial score (nSPS) is 11.0. The number of nitrogens with zero attached hydrogens (tertiary/aromatic N) is 5. The standard InChI is InChI=1S/C28H22FN5O3/c29-20-8-6-18(7-9-20)15-34-17-22-23(21-5-2-12-32-25(21)26(35)24(22)28(34)37)27(36)33(13-3-10-30)16-19-4-1-11-31-14-19/h1-2,4-9,11-12,14,17,35,37H,3,13,15-16H2. The van der Waals surface area contributed by atoms with Crippen molar-refractivity contribution < 1.29 is 19.4 Å². The Morgan fingerprint density at radius 3 is 2.57 bits per heavy atom. The van der Waals surface area contributed by atoms with Gasteiger partial charge in [0, 0.05) is 48.6 Å². The first-order valence-electron chi connectivity index (χ1n) is 11.6. The SMILES string of the molecule is N#CCCN(Cc1cccnc1)C(=O)c1c2cccnc2c(O)c2c(O)n(Cc3ccc(F)cc3)cc12. The molecule has 8 nitrogen and oxygen atoms in total. The number of hydrogen-bond acceptors (Lipinski definition) is 6. The van der Waals surface area contributed by atoms with Crippen molar-refractivity contribution in [3.63, 3.8) is 0 Å². The number of fused-ring (bicyclic) bond motifs is 2. The number of phenols is 1. The maximum atomic E-state index is 14.1. The van der Waals surface area contributed by atoms with Crippen LogP contribution in [0.15, 0.2) is 73.3 Å². The average molecular weight is 496 g/mol. The van der Waals surface area contributed by atoms with Crippen molar-refractivity contribution in [2.45, 2.75) is 19.5 Å². The lowest BCUT2D eigenvalue weighted by atomic mass is 9.99. The highest BCUT2D eigenvalue weighted by molar-refractivity contribution is 6.21. The second-order valence-electron chi connectivity index (χ2n) is 8.62. The number of halogens is 1. The first kappa shape index (κ1) is 23.8. The second kappa shape index (κ2) is 9.95. The number of carbonyl (C=O) groups is 1. The summed E-state index contributed by atoms with van der Waals surface area (Å²) >= 11 is 0. The number of benzene rings is 2. The van der Waals surface area contributed by atoms with Gasteiger partial charge in [-0.2, -0.15) is 5.26 Å². The molecule has 2 aromatic carbocycles. The van der Waals surface area contributed by atoms with Crippen LogP contribution in [0.25, 0.3) is 21.7 Å². The van der Waals surface area contributed by atoms with E-state index in [1.807, 2.05) is 6.07 Å². The van der Waals surface area contributed by atoms with Gasteiger partial charge in [-0.1, -0.05) is 24.3 Å². The van der Waals surface area contributed by atoms with Gasteiger partial charge in [0.05, 0.1) is 30.0 Å².